The highest BCUT2D eigenvalue weighted by molar-refractivity contribution is 5.94. The number of nitrogens with zero attached hydrogens (tertiary/aromatic N) is 2. The van der Waals surface area contributed by atoms with Crippen molar-refractivity contribution in [3.8, 4) is 6.07 Å². The minimum atomic E-state index is -0.382. The van der Waals surface area contributed by atoms with Crippen LogP contribution in [-0.4, -0.2) is 17.9 Å². The Kier molecular flexibility index (Phi) is 4.34. The summed E-state index contributed by atoms with van der Waals surface area (Å²) in [5, 5.41) is 8.75. The van der Waals surface area contributed by atoms with Crippen molar-refractivity contribution in [1.82, 2.24) is 4.90 Å². The number of nitriles is 1. The summed E-state index contributed by atoms with van der Waals surface area (Å²) < 4.78 is 13.5. The summed E-state index contributed by atoms with van der Waals surface area (Å²) >= 11 is 0. The van der Waals surface area contributed by atoms with Crippen LogP contribution in [0.25, 0.3) is 0 Å². The number of benzene rings is 2. The maximum absolute atomic E-state index is 13.5. The van der Waals surface area contributed by atoms with Crippen molar-refractivity contribution in [2.45, 2.75) is 13.5 Å². The molecular formula is C17H15FN2O. The zero-order valence-corrected chi connectivity index (χ0v) is 11.9. The van der Waals surface area contributed by atoms with Crippen LogP contribution in [0.5, 0.6) is 0 Å². The Balaban J connectivity index is 2.11. The van der Waals surface area contributed by atoms with E-state index in [2.05, 4.69) is 0 Å². The molecule has 2 aromatic carbocycles. The van der Waals surface area contributed by atoms with Crippen molar-refractivity contribution in [3.63, 3.8) is 0 Å². The SMILES string of the molecule is Cc1ccc(C(=O)N(C)Cc2ccc(C#N)cc2)cc1F. The Morgan fingerprint density at radius 2 is 1.90 bits per heavy atom. The quantitative estimate of drug-likeness (QED) is 0.867. The molecule has 2 aromatic rings. The Morgan fingerprint density at radius 3 is 2.48 bits per heavy atom. The van der Waals surface area contributed by atoms with Crippen LogP contribution in [0.15, 0.2) is 42.5 Å². The molecule has 106 valence electrons. The molecule has 0 bridgehead atoms. The van der Waals surface area contributed by atoms with Gasteiger partial charge in [0, 0.05) is 19.2 Å². The van der Waals surface area contributed by atoms with E-state index in [0.29, 0.717) is 23.2 Å². The topological polar surface area (TPSA) is 44.1 Å². The van der Waals surface area contributed by atoms with E-state index in [1.807, 2.05) is 6.07 Å². The Morgan fingerprint density at radius 1 is 1.24 bits per heavy atom. The van der Waals surface area contributed by atoms with Crippen LogP contribution in [0.2, 0.25) is 0 Å². The molecule has 0 N–H and O–H groups in total. The monoisotopic (exact) mass is 282 g/mol. The number of carbonyl (C=O) groups is 1. The van der Waals surface area contributed by atoms with E-state index < -0.39 is 0 Å². The molecule has 1 amide bonds. The molecule has 0 atom stereocenters. The normalized spacial score (nSPS) is 10.0. The first-order valence-electron chi connectivity index (χ1n) is 6.52. The van der Waals surface area contributed by atoms with Crippen LogP contribution in [0, 0.1) is 24.1 Å². The molecule has 21 heavy (non-hydrogen) atoms. The van der Waals surface area contributed by atoms with Crippen LogP contribution < -0.4 is 0 Å². The van der Waals surface area contributed by atoms with E-state index >= 15 is 0 Å². The average Bonchev–Trinajstić information content (AvgIpc) is 2.50. The summed E-state index contributed by atoms with van der Waals surface area (Å²) in [5.74, 6) is -0.620. The second kappa shape index (κ2) is 6.19. The average molecular weight is 282 g/mol. The van der Waals surface area contributed by atoms with E-state index in [1.54, 1.807) is 50.4 Å². The number of rotatable bonds is 3. The summed E-state index contributed by atoms with van der Waals surface area (Å²) in [4.78, 5) is 13.8. The maximum Gasteiger partial charge on any atom is 0.253 e. The molecule has 0 saturated heterocycles. The van der Waals surface area contributed by atoms with Gasteiger partial charge in [0.05, 0.1) is 11.6 Å². The van der Waals surface area contributed by atoms with Gasteiger partial charge in [-0.05, 0) is 42.3 Å². The molecule has 3 nitrogen and oxygen atoms in total. The molecule has 0 aliphatic carbocycles. The van der Waals surface area contributed by atoms with Gasteiger partial charge in [0.15, 0.2) is 0 Å². The van der Waals surface area contributed by atoms with E-state index in [4.69, 9.17) is 5.26 Å². The van der Waals surface area contributed by atoms with Gasteiger partial charge in [0.25, 0.3) is 5.91 Å². The smallest absolute Gasteiger partial charge is 0.253 e. The molecule has 0 aliphatic heterocycles. The molecular weight excluding hydrogens is 267 g/mol. The first-order chi connectivity index (χ1) is 10.0. The van der Waals surface area contributed by atoms with E-state index in [9.17, 15) is 9.18 Å². The van der Waals surface area contributed by atoms with Crippen LogP contribution >= 0.6 is 0 Å². The van der Waals surface area contributed by atoms with E-state index in [1.165, 1.54) is 11.0 Å². The summed E-state index contributed by atoms with van der Waals surface area (Å²) in [6, 6.07) is 13.5. The van der Waals surface area contributed by atoms with Gasteiger partial charge in [-0.3, -0.25) is 4.79 Å². The largest absolute Gasteiger partial charge is 0.337 e. The fraction of sp³-hybridized carbons (Fsp3) is 0.176. The highest BCUT2D eigenvalue weighted by Crippen LogP contribution is 2.13. The predicted octanol–water partition coefficient (Wildman–Crippen LogP) is 3.28. The van der Waals surface area contributed by atoms with Gasteiger partial charge in [-0.25, -0.2) is 4.39 Å². The Bertz CT molecular complexity index is 702. The number of aryl methyl sites for hydroxylation is 1. The highest BCUT2D eigenvalue weighted by atomic mass is 19.1. The summed E-state index contributed by atoms with van der Waals surface area (Å²) in [7, 11) is 1.66. The lowest BCUT2D eigenvalue weighted by atomic mass is 10.1. The first kappa shape index (κ1) is 14.7. The minimum Gasteiger partial charge on any atom is -0.337 e. The second-order valence-corrected chi connectivity index (χ2v) is 4.93. The fourth-order valence-electron chi connectivity index (χ4n) is 1.98. The van der Waals surface area contributed by atoms with Crippen molar-refractivity contribution in [3.05, 3.63) is 70.5 Å². The molecule has 0 spiro atoms. The molecule has 0 aliphatic rings. The Labute approximate surface area is 123 Å². The number of hydrogen-bond acceptors (Lipinski definition) is 2. The van der Waals surface area contributed by atoms with Crippen LogP contribution in [0.1, 0.15) is 27.0 Å². The second-order valence-electron chi connectivity index (χ2n) is 4.93. The van der Waals surface area contributed by atoms with Crippen molar-refractivity contribution < 1.29 is 9.18 Å². The van der Waals surface area contributed by atoms with Gasteiger partial charge in [-0.1, -0.05) is 18.2 Å². The van der Waals surface area contributed by atoms with Crippen molar-refractivity contribution >= 4 is 5.91 Å². The lowest BCUT2D eigenvalue weighted by Gasteiger charge is -2.17. The van der Waals surface area contributed by atoms with Crippen molar-refractivity contribution in [2.75, 3.05) is 7.05 Å². The van der Waals surface area contributed by atoms with Gasteiger partial charge in [0.2, 0.25) is 0 Å². The molecule has 0 unspecified atom stereocenters. The van der Waals surface area contributed by atoms with Gasteiger partial charge < -0.3 is 4.90 Å². The molecule has 2 rings (SSSR count). The lowest BCUT2D eigenvalue weighted by Crippen LogP contribution is -2.26. The summed E-state index contributed by atoms with van der Waals surface area (Å²) in [6.45, 7) is 2.06. The predicted molar refractivity (Wildman–Crippen MR) is 78.1 cm³/mol. The number of hydrogen-bond donors (Lipinski definition) is 0. The van der Waals surface area contributed by atoms with Crippen LogP contribution in [-0.2, 0) is 6.54 Å². The van der Waals surface area contributed by atoms with Crippen molar-refractivity contribution in [1.29, 1.82) is 5.26 Å². The third-order valence-electron chi connectivity index (χ3n) is 3.27. The van der Waals surface area contributed by atoms with E-state index in [-0.39, 0.29) is 11.7 Å². The Hall–Kier alpha value is -2.67. The third-order valence-corrected chi connectivity index (χ3v) is 3.27. The fourth-order valence-corrected chi connectivity index (χ4v) is 1.98. The standard InChI is InChI=1S/C17H15FN2O/c1-12-3-8-15(9-16(12)18)17(21)20(2)11-14-6-4-13(10-19)5-7-14/h3-9H,11H2,1-2H3. The van der Waals surface area contributed by atoms with Gasteiger partial charge in [0.1, 0.15) is 5.82 Å². The first-order valence-corrected chi connectivity index (χ1v) is 6.52. The van der Waals surface area contributed by atoms with E-state index in [0.717, 1.165) is 5.56 Å². The summed E-state index contributed by atoms with van der Waals surface area (Å²) in [5.41, 5.74) is 2.33. The number of carbonyl (C=O) groups excluding carboxylic acids is 1. The van der Waals surface area contributed by atoms with Gasteiger partial charge >= 0.3 is 0 Å². The van der Waals surface area contributed by atoms with Crippen LogP contribution in [0.3, 0.4) is 0 Å². The zero-order valence-electron chi connectivity index (χ0n) is 11.9. The molecule has 0 fully saturated rings. The number of halogens is 1. The maximum atomic E-state index is 13.5. The highest BCUT2D eigenvalue weighted by Gasteiger charge is 2.13. The third kappa shape index (κ3) is 3.46. The van der Waals surface area contributed by atoms with Crippen molar-refractivity contribution in [2.24, 2.45) is 0 Å². The summed E-state index contributed by atoms with van der Waals surface area (Å²) in [6.07, 6.45) is 0. The van der Waals surface area contributed by atoms with Gasteiger partial charge in [-0.15, -0.1) is 0 Å². The zero-order chi connectivity index (χ0) is 15.4. The minimum absolute atomic E-state index is 0.238. The van der Waals surface area contributed by atoms with Crippen LogP contribution in [0.4, 0.5) is 4.39 Å². The molecule has 0 saturated carbocycles. The molecule has 0 heterocycles. The van der Waals surface area contributed by atoms with Gasteiger partial charge in [-0.2, -0.15) is 5.26 Å². The molecule has 0 radical (unpaired) electrons. The molecule has 4 heteroatoms. The lowest BCUT2D eigenvalue weighted by molar-refractivity contribution is 0.0784. The molecule has 0 aromatic heterocycles. The number of amides is 1.